The van der Waals surface area contributed by atoms with Gasteiger partial charge >= 0.3 is 0 Å². The Morgan fingerprint density at radius 2 is 2.21 bits per heavy atom. The predicted molar refractivity (Wildman–Crippen MR) is 73.9 cm³/mol. The van der Waals surface area contributed by atoms with Crippen LogP contribution >= 0.6 is 0 Å². The highest BCUT2D eigenvalue weighted by molar-refractivity contribution is 5.86. The fourth-order valence-corrected chi connectivity index (χ4v) is 3.35. The third-order valence-electron chi connectivity index (χ3n) is 4.82. The maximum Gasteiger partial charge on any atom is 0.242 e. The van der Waals surface area contributed by atoms with E-state index < -0.39 is 0 Å². The molecule has 108 valence electrons. The zero-order chi connectivity index (χ0) is 13.3. The van der Waals surface area contributed by atoms with Gasteiger partial charge in [0.1, 0.15) is 0 Å². The van der Waals surface area contributed by atoms with Crippen molar-refractivity contribution in [2.24, 2.45) is 5.92 Å². The molecule has 3 rings (SSSR count). The van der Waals surface area contributed by atoms with Gasteiger partial charge in [0.25, 0.3) is 0 Å². The van der Waals surface area contributed by atoms with E-state index in [9.17, 15) is 4.79 Å². The molecule has 1 aliphatic carbocycles. The van der Waals surface area contributed by atoms with E-state index in [0.717, 1.165) is 39.1 Å². The van der Waals surface area contributed by atoms with Crippen molar-refractivity contribution >= 4 is 5.91 Å². The van der Waals surface area contributed by atoms with Gasteiger partial charge < -0.3 is 15.0 Å². The molecule has 0 bridgehead atoms. The molecule has 4 heteroatoms. The van der Waals surface area contributed by atoms with Gasteiger partial charge in [0, 0.05) is 25.1 Å². The minimum Gasteiger partial charge on any atom is -0.381 e. The summed E-state index contributed by atoms with van der Waals surface area (Å²) in [6.07, 6.45) is 6.84. The molecule has 0 aromatic heterocycles. The topological polar surface area (TPSA) is 41.6 Å². The Morgan fingerprint density at radius 3 is 2.79 bits per heavy atom. The molecule has 4 nitrogen and oxygen atoms in total. The Kier molecular flexibility index (Phi) is 3.81. The van der Waals surface area contributed by atoms with E-state index >= 15 is 0 Å². The number of carbonyl (C=O) groups excluding carboxylic acids is 1. The van der Waals surface area contributed by atoms with Gasteiger partial charge in [0.15, 0.2) is 0 Å². The van der Waals surface area contributed by atoms with Crippen LogP contribution in [0.3, 0.4) is 0 Å². The molecular weight excluding hydrogens is 240 g/mol. The predicted octanol–water partition coefficient (Wildman–Crippen LogP) is 1.55. The van der Waals surface area contributed by atoms with Crippen molar-refractivity contribution in [3.05, 3.63) is 0 Å². The maximum absolute atomic E-state index is 12.9. The van der Waals surface area contributed by atoms with E-state index in [-0.39, 0.29) is 5.54 Å². The number of rotatable bonds is 4. The van der Waals surface area contributed by atoms with E-state index in [1.165, 1.54) is 25.7 Å². The Hall–Kier alpha value is -0.610. The van der Waals surface area contributed by atoms with Crippen LogP contribution in [0.25, 0.3) is 0 Å². The Balaban J connectivity index is 1.66. The molecule has 19 heavy (non-hydrogen) atoms. The molecule has 2 unspecified atom stereocenters. The third-order valence-corrected chi connectivity index (χ3v) is 4.82. The summed E-state index contributed by atoms with van der Waals surface area (Å²) in [7, 11) is 0. The summed E-state index contributed by atoms with van der Waals surface area (Å²) in [6, 6.07) is 0.508. The van der Waals surface area contributed by atoms with Crippen molar-refractivity contribution in [3.8, 4) is 0 Å². The summed E-state index contributed by atoms with van der Waals surface area (Å²) >= 11 is 0. The number of nitrogens with zero attached hydrogens (tertiary/aromatic N) is 1. The molecule has 0 aromatic rings. The van der Waals surface area contributed by atoms with Crippen LogP contribution in [-0.2, 0) is 9.53 Å². The lowest BCUT2D eigenvalue weighted by Crippen LogP contribution is -2.59. The van der Waals surface area contributed by atoms with Crippen LogP contribution in [0.5, 0.6) is 0 Å². The van der Waals surface area contributed by atoms with Crippen LogP contribution in [0, 0.1) is 5.92 Å². The number of carbonyl (C=O) groups is 1. The minimum atomic E-state index is -0.319. The molecule has 1 amide bonds. The number of hydrogen-bond donors (Lipinski definition) is 1. The number of ether oxygens (including phenoxy) is 1. The normalized spacial score (nSPS) is 35.3. The highest BCUT2D eigenvalue weighted by Gasteiger charge is 2.43. The van der Waals surface area contributed by atoms with Crippen molar-refractivity contribution in [1.82, 2.24) is 10.2 Å². The fourth-order valence-electron chi connectivity index (χ4n) is 3.35. The Morgan fingerprint density at radius 1 is 1.37 bits per heavy atom. The van der Waals surface area contributed by atoms with E-state index in [4.69, 9.17) is 4.74 Å². The van der Waals surface area contributed by atoms with Gasteiger partial charge in [-0.25, -0.2) is 0 Å². The second-order valence-corrected chi connectivity index (χ2v) is 6.63. The number of nitrogens with one attached hydrogen (secondary N) is 1. The van der Waals surface area contributed by atoms with Gasteiger partial charge in [-0.2, -0.15) is 0 Å². The van der Waals surface area contributed by atoms with Crippen LogP contribution in [0.4, 0.5) is 0 Å². The van der Waals surface area contributed by atoms with Gasteiger partial charge in [-0.1, -0.05) is 0 Å². The van der Waals surface area contributed by atoms with E-state index in [2.05, 4.69) is 17.1 Å². The highest BCUT2D eigenvalue weighted by Crippen LogP contribution is 2.32. The van der Waals surface area contributed by atoms with Gasteiger partial charge in [-0.15, -0.1) is 0 Å². The van der Waals surface area contributed by atoms with Crippen LogP contribution < -0.4 is 5.32 Å². The largest absolute Gasteiger partial charge is 0.381 e. The van der Waals surface area contributed by atoms with Crippen LogP contribution in [0.15, 0.2) is 0 Å². The highest BCUT2D eigenvalue weighted by atomic mass is 16.5. The van der Waals surface area contributed by atoms with E-state index in [1.807, 2.05) is 0 Å². The monoisotopic (exact) mass is 266 g/mol. The lowest BCUT2D eigenvalue weighted by molar-refractivity contribution is -0.140. The van der Waals surface area contributed by atoms with Crippen molar-refractivity contribution in [3.63, 3.8) is 0 Å². The first-order chi connectivity index (χ1) is 9.19. The quantitative estimate of drug-likeness (QED) is 0.839. The van der Waals surface area contributed by atoms with Gasteiger partial charge in [-0.05, 0) is 52.0 Å². The minimum absolute atomic E-state index is 0.319. The lowest BCUT2D eigenvalue weighted by Gasteiger charge is -2.39. The molecule has 2 atom stereocenters. The van der Waals surface area contributed by atoms with Crippen molar-refractivity contribution in [2.45, 2.75) is 57.0 Å². The van der Waals surface area contributed by atoms with Crippen LogP contribution in [0.2, 0.25) is 0 Å². The molecule has 3 aliphatic rings. The molecule has 3 fully saturated rings. The SMILES string of the molecule is CC1(C(=O)N(CC2CCOC2)C2CC2)CCCCN1. The van der Waals surface area contributed by atoms with Gasteiger partial charge in [0.05, 0.1) is 12.1 Å². The van der Waals surface area contributed by atoms with Crippen LogP contribution in [-0.4, -0.2) is 48.7 Å². The Bertz CT molecular complexity index is 329. The summed E-state index contributed by atoms with van der Waals surface area (Å²) in [5, 5.41) is 3.46. The second-order valence-electron chi connectivity index (χ2n) is 6.63. The average Bonchev–Trinajstić information content (AvgIpc) is 3.13. The van der Waals surface area contributed by atoms with Crippen molar-refractivity contribution in [1.29, 1.82) is 0 Å². The molecule has 0 radical (unpaired) electrons. The molecule has 1 saturated carbocycles. The average molecular weight is 266 g/mol. The standard InChI is InChI=1S/C15H26N2O2/c1-15(7-2-3-8-16-15)14(18)17(13-4-5-13)10-12-6-9-19-11-12/h12-13,16H,2-11H2,1H3. The van der Waals surface area contributed by atoms with E-state index in [1.54, 1.807) is 0 Å². The Labute approximate surface area is 115 Å². The fraction of sp³-hybridized carbons (Fsp3) is 0.933. The molecule has 2 aliphatic heterocycles. The number of amides is 1. The third kappa shape index (κ3) is 2.95. The molecular formula is C15H26N2O2. The lowest BCUT2D eigenvalue weighted by atomic mass is 9.89. The first-order valence-corrected chi connectivity index (χ1v) is 7.83. The van der Waals surface area contributed by atoms with E-state index in [0.29, 0.717) is 17.9 Å². The zero-order valence-electron chi connectivity index (χ0n) is 12.0. The number of hydrogen-bond acceptors (Lipinski definition) is 3. The van der Waals surface area contributed by atoms with Crippen molar-refractivity contribution < 1.29 is 9.53 Å². The summed E-state index contributed by atoms with van der Waals surface area (Å²) < 4.78 is 5.45. The first kappa shape index (κ1) is 13.4. The number of piperidine rings is 1. The van der Waals surface area contributed by atoms with Crippen LogP contribution in [0.1, 0.15) is 45.4 Å². The summed E-state index contributed by atoms with van der Waals surface area (Å²) in [4.78, 5) is 15.1. The molecule has 0 aromatic carbocycles. The first-order valence-electron chi connectivity index (χ1n) is 7.83. The zero-order valence-corrected chi connectivity index (χ0v) is 12.0. The molecule has 0 spiro atoms. The summed E-state index contributed by atoms with van der Waals surface area (Å²) in [5.41, 5.74) is -0.319. The summed E-state index contributed by atoms with van der Waals surface area (Å²) in [5.74, 6) is 0.887. The second kappa shape index (κ2) is 5.41. The molecule has 2 saturated heterocycles. The van der Waals surface area contributed by atoms with Gasteiger partial charge in [-0.3, -0.25) is 4.79 Å². The van der Waals surface area contributed by atoms with Crippen molar-refractivity contribution in [2.75, 3.05) is 26.3 Å². The molecule has 2 heterocycles. The maximum atomic E-state index is 12.9. The molecule has 1 N–H and O–H groups in total. The smallest absolute Gasteiger partial charge is 0.242 e. The van der Waals surface area contributed by atoms with Gasteiger partial charge in [0.2, 0.25) is 5.91 Å². The summed E-state index contributed by atoms with van der Waals surface area (Å²) in [6.45, 7) is 5.68.